The number of aliphatic hydroxyl groups is 1. The SMILES string of the molecule is C[C@@H](CO)N(C)C(=O)NC1CCN(CC2CCCCC2)CC1. The van der Waals surface area contributed by atoms with E-state index in [1.54, 1.807) is 11.9 Å². The zero-order valence-corrected chi connectivity index (χ0v) is 14.3. The molecule has 2 fully saturated rings. The molecule has 0 radical (unpaired) electrons. The number of hydrogen-bond acceptors (Lipinski definition) is 3. The average Bonchev–Trinajstić information content (AvgIpc) is 2.56. The van der Waals surface area contributed by atoms with Gasteiger partial charge in [0.15, 0.2) is 0 Å². The highest BCUT2D eigenvalue weighted by molar-refractivity contribution is 5.74. The molecule has 1 heterocycles. The van der Waals surface area contributed by atoms with E-state index >= 15 is 0 Å². The van der Waals surface area contributed by atoms with E-state index < -0.39 is 0 Å². The van der Waals surface area contributed by atoms with Crippen molar-refractivity contribution >= 4 is 6.03 Å². The fourth-order valence-electron chi connectivity index (χ4n) is 3.59. The highest BCUT2D eigenvalue weighted by atomic mass is 16.3. The van der Waals surface area contributed by atoms with Crippen LogP contribution in [-0.4, -0.2) is 66.3 Å². The summed E-state index contributed by atoms with van der Waals surface area (Å²) in [6.45, 7) is 5.31. The van der Waals surface area contributed by atoms with E-state index in [4.69, 9.17) is 5.11 Å². The van der Waals surface area contributed by atoms with Crippen molar-refractivity contribution in [2.45, 2.75) is 64.0 Å². The molecule has 5 heteroatoms. The fourth-order valence-corrected chi connectivity index (χ4v) is 3.59. The van der Waals surface area contributed by atoms with Crippen LogP contribution in [0.5, 0.6) is 0 Å². The Morgan fingerprint density at radius 2 is 1.86 bits per heavy atom. The van der Waals surface area contributed by atoms with Gasteiger partial charge in [0, 0.05) is 32.7 Å². The third-order valence-corrected chi connectivity index (χ3v) is 5.40. The summed E-state index contributed by atoms with van der Waals surface area (Å²) in [4.78, 5) is 16.3. The van der Waals surface area contributed by atoms with Crippen LogP contribution < -0.4 is 5.32 Å². The number of carbonyl (C=O) groups excluding carboxylic acids is 1. The average molecular weight is 311 g/mol. The number of nitrogens with zero attached hydrogens (tertiary/aromatic N) is 2. The van der Waals surface area contributed by atoms with Gasteiger partial charge in [0.25, 0.3) is 0 Å². The molecule has 0 aromatic carbocycles. The molecule has 1 saturated carbocycles. The molecule has 1 saturated heterocycles. The van der Waals surface area contributed by atoms with E-state index in [1.807, 2.05) is 6.92 Å². The summed E-state index contributed by atoms with van der Waals surface area (Å²) in [6, 6.07) is 0.0853. The molecule has 128 valence electrons. The van der Waals surface area contributed by atoms with Crippen LogP contribution in [0.3, 0.4) is 0 Å². The summed E-state index contributed by atoms with van der Waals surface area (Å²) in [5.74, 6) is 0.899. The Kier molecular flexibility index (Phi) is 6.96. The lowest BCUT2D eigenvalue weighted by Crippen LogP contribution is -2.51. The molecule has 2 aliphatic rings. The monoisotopic (exact) mass is 311 g/mol. The van der Waals surface area contributed by atoms with Gasteiger partial charge in [-0.05, 0) is 38.5 Å². The Morgan fingerprint density at radius 1 is 1.23 bits per heavy atom. The summed E-state index contributed by atoms with van der Waals surface area (Å²) in [5, 5.41) is 12.2. The summed E-state index contributed by atoms with van der Waals surface area (Å²) in [6.07, 6.45) is 9.13. The number of piperidine rings is 1. The zero-order chi connectivity index (χ0) is 15.9. The second-order valence-corrected chi connectivity index (χ2v) is 7.17. The first-order valence-electron chi connectivity index (χ1n) is 8.96. The Morgan fingerprint density at radius 3 is 2.45 bits per heavy atom. The molecule has 1 aliphatic heterocycles. The molecule has 2 amide bonds. The van der Waals surface area contributed by atoms with Crippen LogP contribution in [0, 0.1) is 5.92 Å². The van der Waals surface area contributed by atoms with Gasteiger partial charge < -0.3 is 20.2 Å². The first-order chi connectivity index (χ1) is 10.6. The predicted octanol–water partition coefficient (Wildman–Crippen LogP) is 2.05. The van der Waals surface area contributed by atoms with Gasteiger partial charge in [0.05, 0.1) is 12.6 Å². The highest BCUT2D eigenvalue weighted by Gasteiger charge is 2.25. The Hall–Kier alpha value is -0.810. The third kappa shape index (κ3) is 5.13. The van der Waals surface area contributed by atoms with Crippen LogP contribution in [0.25, 0.3) is 0 Å². The minimum atomic E-state index is -0.133. The number of rotatable bonds is 5. The molecule has 1 atom stereocenters. The van der Waals surface area contributed by atoms with Gasteiger partial charge in [-0.2, -0.15) is 0 Å². The van der Waals surface area contributed by atoms with Crippen molar-refractivity contribution in [1.29, 1.82) is 0 Å². The molecular formula is C17H33N3O2. The second-order valence-electron chi connectivity index (χ2n) is 7.17. The van der Waals surface area contributed by atoms with Crippen molar-refractivity contribution < 1.29 is 9.90 Å². The number of amides is 2. The number of urea groups is 1. The van der Waals surface area contributed by atoms with Gasteiger partial charge in [-0.15, -0.1) is 0 Å². The zero-order valence-electron chi connectivity index (χ0n) is 14.3. The maximum Gasteiger partial charge on any atom is 0.317 e. The summed E-state index contributed by atoms with van der Waals surface area (Å²) in [7, 11) is 1.74. The van der Waals surface area contributed by atoms with Crippen LogP contribution in [0.1, 0.15) is 51.9 Å². The first kappa shape index (κ1) is 17.5. The van der Waals surface area contributed by atoms with Crippen molar-refractivity contribution in [3.8, 4) is 0 Å². The molecular weight excluding hydrogens is 278 g/mol. The van der Waals surface area contributed by atoms with Gasteiger partial charge in [-0.25, -0.2) is 4.79 Å². The van der Waals surface area contributed by atoms with Gasteiger partial charge in [-0.1, -0.05) is 19.3 Å². The van der Waals surface area contributed by atoms with Crippen molar-refractivity contribution in [2.24, 2.45) is 5.92 Å². The minimum Gasteiger partial charge on any atom is -0.394 e. The van der Waals surface area contributed by atoms with E-state index in [2.05, 4.69) is 10.2 Å². The van der Waals surface area contributed by atoms with Crippen LogP contribution >= 0.6 is 0 Å². The molecule has 0 aromatic heterocycles. The number of carbonyl (C=O) groups is 1. The minimum absolute atomic E-state index is 0.00372. The summed E-state index contributed by atoms with van der Waals surface area (Å²) in [5.41, 5.74) is 0. The third-order valence-electron chi connectivity index (χ3n) is 5.40. The van der Waals surface area contributed by atoms with Gasteiger partial charge in [-0.3, -0.25) is 0 Å². The van der Waals surface area contributed by atoms with Crippen molar-refractivity contribution in [3.63, 3.8) is 0 Å². The van der Waals surface area contributed by atoms with Gasteiger partial charge >= 0.3 is 6.03 Å². The largest absolute Gasteiger partial charge is 0.394 e. The predicted molar refractivity (Wildman–Crippen MR) is 88.9 cm³/mol. The van der Waals surface area contributed by atoms with Crippen LogP contribution in [0.4, 0.5) is 4.79 Å². The van der Waals surface area contributed by atoms with Gasteiger partial charge in [0.2, 0.25) is 0 Å². The normalized spacial score (nSPS) is 23.2. The lowest BCUT2D eigenvalue weighted by atomic mass is 9.88. The molecule has 0 unspecified atom stereocenters. The molecule has 5 nitrogen and oxygen atoms in total. The smallest absolute Gasteiger partial charge is 0.317 e. The van der Waals surface area contributed by atoms with Crippen molar-refractivity contribution in [1.82, 2.24) is 15.1 Å². The maximum absolute atomic E-state index is 12.1. The first-order valence-corrected chi connectivity index (χ1v) is 8.96. The Bertz CT molecular complexity index is 337. The Balaban J connectivity index is 1.67. The molecule has 2 N–H and O–H groups in total. The Labute approximate surface area is 135 Å². The summed E-state index contributed by atoms with van der Waals surface area (Å²) >= 11 is 0. The standard InChI is InChI=1S/C17H33N3O2/c1-14(13-21)19(2)17(22)18-16-8-10-20(11-9-16)12-15-6-4-3-5-7-15/h14-16,21H,3-13H2,1-2H3,(H,18,22)/t14-/m0/s1. The fraction of sp³-hybridized carbons (Fsp3) is 0.941. The second kappa shape index (κ2) is 8.73. The van der Waals surface area contributed by atoms with Crippen LogP contribution in [0.15, 0.2) is 0 Å². The number of aliphatic hydroxyl groups excluding tert-OH is 1. The number of likely N-dealkylation sites (tertiary alicyclic amines) is 1. The number of likely N-dealkylation sites (N-methyl/N-ethyl adjacent to an activating group) is 1. The van der Waals surface area contributed by atoms with E-state index in [-0.39, 0.29) is 24.7 Å². The quantitative estimate of drug-likeness (QED) is 0.817. The van der Waals surface area contributed by atoms with Crippen LogP contribution in [-0.2, 0) is 0 Å². The van der Waals surface area contributed by atoms with Crippen molar-refractivity contribution in [3.05, 3.63) is 0 Å². The van der Waals surface area contributed by atoms with E-state index in [1.165, 1.54) is 38.6 Å². The van der Waals surface area contributed by atoms with E-state index in [0.717, 1.165) is 31.8 Å². The molecule has 0 aromatic rings. The molecule has 0 bridgehead atoms. The molecule has 2 rings (SSSR count). The number of hydrogen-bond donors (Lipinski definition) is 2. The lowest BCUT2D eigenvalue weighted by molar-refractivity contribution is 0.137. The van der Waals surface area contributed by atoms with E-state index in [0.29, 0.717) is 0 Å². The maximum atomic E-state index is 12.1. The van der Waals surface area contributed by atoms with Crippen molar-refractivity contribution in [2.75, 3.05) is 33.3 Å². The highest BCUT2D eigenvalue weighted by Crippen LogP contribution is 2.25. The molecule has 0 spiro atoms. The van der Waals surface area contributed by atoms with Gasteiger partial charge in [0.1, 0.15) is 0 Å². The summed E-state index contributed by atoms with van der Waals surface area (Å²) < 4.78 is 0. The molecule has 22 heavy (non-hydrogen) atoms. The van der Waals surface area contributed by atoms with Crippen LogP contribution in [0.2, 0.25) is 0 Å². The molecule has 1 aliphatic carbocycles. The topological polar surface area (TPSA) is 55.8 Å². The van der Waals surface area contributed by atoms with E-state index in [9.17, 15) is 4.79 Å². The number of nitrogens with one attached hydrogen (secondary N) is 1. The lowest BCUT2D eigenvalue weighted by Gasteiger charge is -2.36.